The summed E-state index contributed by atoms with van der Waals surface area (Å²) in [6, 6.07) is 5.78. The zero-order valence-corrected chi connectivity index (χ0v) is 9.51. The van der Waals surface area contributed by atoms with Crippen molar-refractivity contribution in [3.63, 3.8) is 0 Å². The van der Waals surface area contributed by atoms with Crippen LogP contribution in [0.2, 0.25) is 0 Å². The van der Waals surface area contributed by atoms with E-state index in [1.54, 1.807) is 0 Å². The summed E-state index contributed by atoms with van der Waals surface area (Å²) in [5, 5.41) is 8.81. The summed E-state index contributed by atoms with van der Waals surface area (Å²) in [6.07, 6.45) is 1.25. The molecule has 0 fully saturated rings. The van der Waals surface area contributed by atoms with E-state index in [1.165, 1.54) is 25.6 Å². The molecule has 0 saturated carbocycles. The van der Waals surface area contributed by atoms with E-state index in [0.29, 0.717) is 11.3 Å². The van der Waals surface area contributed by atoms with Crippen LogP contribution in [0.1, 0.15) is 5.56 Å². The fourth-order valence-electron chi connectivity index (χ4n) is 1.59. The molecule has 5 nitrogen and oxygen atoms in total. The Morgan fingerprint density at radius 3 is 2.78 bits per heavy atom. The van der Waals surface area contributed by atoms with Crippen molar-refractivity contribution in [3.05, 3.63) is 35.9 Å². The van der Waals surface area contributed by atoms with Crippen LogP contribution in [0.3, 0.4) is 0 Å². The maximum Gasteiger partial charge on any atom is 0.187 e. The van der Waals surface area contributed by atoms with Crippen molar-refractivity contribution in [3.8, 4) is 23.1 Å². The van der Waals surface area contributed by atoms with Crippen LogP contribution < -0.4 is 10.5 Å². The first-order valence-corrected chi connectivity index (χ1v) is 5.01. The van der Waals surface area contributed by atoms with Gasteiger partial charge < -0.3 is 10.5 Å². The summed E-state index contributed by atoms with van der Waals surface area (Å²) >= 11 is 0. The molecule has 0 radical (unpaired) electrons. The maximum absolute atomic E-state index is 13.4. The van der Waals surface area contributed by atoms with Gasteiger partial charge in [0, 0.05) is 5.56 Å². The van der Waals surface area contributed by atoms with E-state index in [1.807, 2.05) is 6.07 Å². The largest absolute Gasteiger partial charge is 0.491 e. The van der Waals surface area contributed by atoms with Gasteiger partial charge in [-0.25, -0.2) is 14.4 Å². The second-order valence-corrected chi connectivity index (χ2v) is 3.48. The predicted octanol–water partition coefficient (Wildman–Crippen LogP) is 1.75. The van der Waals surface area contributed by atoms with Crippen molar-refractivity contribution in [1.29, 1.82) is 5.26 Å². The Labute approximate surface area is 103 Å². The third-order valence-electron chi connectivity index (χ3n) is 2.34. The third kappa shape index (κ3) is 2.06. The number of halogens is 1. The molecule has 0 unspecified atom stereocenters. The molecule has 0 aliphatic rings. The number of anilines is 1. The number of hydrogen-bond donors (Lipinski definition) is 1. The Kier molecular flexibility index (Phi) is 3.06. The van der Waals surface area contributed by atoms with E-state index in [0.717, 1.165) is 6.07 Å². The predicted molar refractivity (Wildman–Crippen MR) is 63.1 cm³/mol. The number of nitriles is 1. The van der Waals surface area contributed by atoms with Gasteiger partial charge in [0.1, 0.15) is 17.8 Å². The van der Waals surface area contributed by atoms with Crippen molar-refractivity contribution in [2.75, 3.05) is 12.8 Å². The fourth-order valence-corrected chi connectivity index (χ4v) is 1.59. The first-order chi connectivity index (χ1) is 8.65. The average Bonchev–Trinajstić information content (AvgIpc) is 2.37. The first kappa shape index (κ1) is 11.8. The Bertz CT molecular complexity index is 636. The number of aromatic nitrogens is 2. The van der Waals surface area contributed by atoms with E-state index in [4.69, 9.17) is 15.7 Å². The average molecular weight is 244 g/mol. The molecule has 1 heterocycles. The van der Waals surface area contributed by atoms with Crippen molar-refractivity contribution >= 4 is 5.82 Å². The molecule has 0 atom stereocenters. The first-order valence-electron chi connectivity index (χ1n) is 5.01. The quantitative estimate of drug-likeness (QED) is 0.869. The molecule has 0 saturated heterocycles. The molecular weight excluding hydrogens is 235 g/mol. The zero-order valence-electron chi connectivity index (χ0n) is 9.51. The van der Waals surface area contributed by atoms with E-state index >= 15 is 0 Å². The van der Waals surface area contributed by atoms with Gasteiger partial charge in [-0.05, 0) is 18.2 Å². The summed E-state index contributed by atoms with van der Waals surface area (Å²) in [7, 11) is 1.42. The maximum atomic E-state index is 13.4. The van der Waals surface area contributed by atoms with Gasteiger partial charge in [0.2, 0.25) is 0 Å². The SMILES string of the molecule is COc1c(N)ncnc1-c1cc(F)cc(C#N)c1. The smallest absolute Gasteiger partial charge is 0.187 e. The highest BCUT2D eigenvalue weighted by Gasteiger charge is 2.13. The topological polar surface area (TPSA) is 84.8 Å². The van der Waals surface area contributed by atoms with Crippen molar-refractivity contribution in [2.45, 2.75) is 0 Å². The summed E-state index contributed by atoms with van der Waals surface area (Å²) in [6.45, 7) is 0. The van der Waals surface area contributed by atoms with Gasteiger partial charge in [0.15, 0.2) is 11.6 Å². The van der Waals surface area contributed by atoms with Gasteiger partial charge in [-0.2, -0.15) is 5.26 Å². The van der Waals surface area contributed by atoms with Gasteiger partial charge in [-0.1, -0.05) is 0 Å². The number of nitrogen functional groups attached to an aromatic ring is 1. The normalized spacial score (nSPS) is 9.83. The Hall–Kier alpha value is -2.68. The lowest BCUT2D eigenvalue weighted by Crippen LogP contribution is -2.00. The van der Waals surface area contributed by atoms with Crippen molar-refractivity contribution < 1.29 is 9.13 Å². The minimum atomic E-state index is -0.525. The third-order valence-corrected chi connectivity index (χ3v) is 2.34. The minimum Gasteiger partial charge on any atom is -0.491 e. The number of benzene rings is 1. The number of methoxy groups -OCH3 is 1. The molecule has 0 amide bonds. The number of ether oxygens (including phenoxy) is 1. The van der Waals surface area contributed by atoms with Crippen LogP contribution in [0.4, 0.5) is 10.2 Å². The highest BCUT2D eigenvalue weighted by Crippen LogP contribution is 2.31. The van der Waals surface area contributed by atoms with Crippen LogP contribution in [0.5, 0.6) is 5.75 Å². The molecule has 2 rings (SSSR count). The highest BCUT2D eigenvalue weighted by atomic mass is 19.1. The molecule has 0 spiro atoms. The number of hydrogen-bond acceptors (Lipinski definition) is 5. The van der Waals surface area contributed by atoms with E-state index in [-0.39, 0.29) is 17.1 Å². The fraction of sp³-hybridized carbons (Fsp3) is 0.0833. The molecule has 0 aliphatic heterocycles. The standard InChI is InChI=1S/C12H9FN4O/c1-18-11-10(16-6-17-12(11)15)8-2-7(5-14)3-9(13)4-8/h2-4,6H,1H3,(H2,15,16,17). The Morgan fingerprint density at radius 1 is 1.33 bits per heavy atom. The summed E-state index contributed by atoms with van der Waals surface area (Å²) in [4.78, 5) is 7.79. The highest BCUT2D eigenvalue weighted by molar-refractivity contribution is 5.72. The molecule has 0 aliphatic carbocycles. The molecule has 90 valence electrons. The monoisotopic (exact) mass is 244 g/mol. The van der Waals surface area contributed by atoms with E-state index in [2.05, 4.69) is 9.97 Å². The molecule has 0 bridgehead atoms. The van der Waals surface area contributed by atoms with Crippen LogP contribution in [-0.4, -0.2) is 17.1 Å². The minimum absolute atomic E-state index is 0.158. The molecule has 2 N–H and O–H groups in total. The van der Waals surface area contributed by atoms with Crippen molar-refractivity contribution in [1.82, 2.24) is 9.97 Å². The van der Waals surface area contributed by atoms with Gasteiger partial charge in [0.05, 0.1) is 18.7 Å². The van der Waals surface area contributed by atoms with Crippen LogP contribution in [-0.2, 0) is 0 Å². The van der Waals surface area contributed by atoms with E-state index < -0.39 is 5.82 Å². The lowest BCUT2D eigenvalue weighted by molar-refractivity contribution is 0.415. The zero-order chi connectivity index (χ0) is 13.1. The van der Waals surface area contributed by atoms with Gasteiger partial charge in [-0.15, -0.1) is 0 Å². The van der Waals surface area contributed by atoms with Crippen LogP contribution >= 0.6 is 0 Å². The summed E-state index contributed by atoms with van der Waals surface area (Å²) < 4.78 is 18.5. The van der Waals surface area contributed by atoms with Gasteiger partial charge in [0.25, 0.3) is 0 Å². The molecule has 1 aromatic heterocycles. The van der Waals surface area contributed by atoms with Crippen LogP contribution in [0.15, 0.2) is 24.5 Å². The lowest BCUT2D eigenvalue weighted by Gasteiger charge is -2.09. The van der Waals surface area contributed by atoms with Crippen LogP contribution in [0.25, 0.3) is 11.3 Å². The molecule has 2 aromatic rings. The Balaban J connectivity index is 2.66. The van der Waals surface area contributed by atoms with Gasteiger partial charge in [-0.3, -0.25) is 0 Å². The van der Waals surface area contributed by atoms with Crippen LogP contribution in [0, 0.1) is 17.1 Å². The molecule has 6 heteroatoms. The van der Waals surface area contributed by atoms with Crippen molar-refractivity contribution in [2.24, 2.45) is 0 Å². The molecule has 18 heavy (non-hydrogen) atoms. The second kappa shape index (κ2) is 4.67. The molecular formula is C12H9FN4O. The van der Waals surface area contributed by atoms with Gasteiger partial charge >= 0.3 is 0 Å². The number of nitrogens with two attached hydrogens (primary N) is 1. The van der Waals surface area contributed by atoms with E-state index in [9.17, 15) is 4.39 Å². The Morgan fingerprint density at radius 2 is 2.11 bits per heavy atom. The second-order valence-electron chi connectivity index (χ2n) is 3.48. The lowest BCUT2D eigenvalue weighted by atomic mass is 10.1. The number of nitrogens with zero attached hydrogens (tertiary/aromatic N) is 3. The summed E-state index contributed by atoms with van der Waals surface area (Å²) in [5.41, 5.74) is 6.60. The number of rotatable bonds is 2. The molecule has 1 aromatic carbocycles. The summed E-state index contributed by atoms with van der Waals surface area (Å²) in [5.74, 6) is -0.111.